The van der Waals surface area contributed by atoms with E-state index in [1.54, 1.807) is 22.7 Å². The summed E-state index contributed by atoms with van der Waals surface area (Å²) in [5.74, 6) is 0.278. The van der Waals surface area contributed by atoms with Crippen molar-refractivity contribution < 1.29 is 9.59 Å². The molecule has 0 aliphatic rings. The first-order chi connectivity index (χ1) is 17.2. The molecule has 2 amide bonds. The molecular formula is C28H30N2O2S3. The highest BCUT2D eigenvalue weighted by atomic mass is 32.1. The predicted octanol–water partition coefficient (Wildman–Crippen LogP) is 7.30. The fourth-order valence-corrected chi connectivity index (χ4v) is 6.07. The van der Waals surface area contributed by atoms with Gasteiger partial charge in [0.1, 0.15) is 0 Å². The molecule has 4 rings (SSSR count). The van der Waals surface area contributed by atoms with Crippen LogP contribution in [0.5, 0.6) is 0 Å². The SMILES string of the molecule is O=C(CCCCCN(Cc1ccccc1)C(=O)c1cccs1)N(Cc1cccs1)Cc1cccs1. The van der Waals surface area contributed by atoms with Crippen LogP contribution in [0.25, 0.3) is 0 Å². The smallest absolute Gasteiger partial charge is 0.264 e. The summed E-state index contributed by atoms with van der Waals surface area (Å²) >= 11 is 4.87. The number of rotatable bonds is 13. The molecule has 182 valence electrons. The van der Waals surface area contributed by atoms with E-state index >= 15 is 0 Å². The maximum absolute atomic E-state index is 13.1. The van der Waals surface area contributed by atoms with Gasteiger partial charge in [-0.15, -0.1) is 34.0 Å². The summed E-state index contributed by atoms with van der Waals surface area (Å²) in [4.78, 5) is 33.2. The lowest BCUT2D eigenvalue weighted by Crippen LogP contribution is -2.31. The van der Waals surface area contributed by atoms with Crippen LogP contribution in [0.4, 0.5) is 0 Å². The number of hydrogen-bond acceptors (Lipinski definition) is 5. The van der Waals surface area contributed by atoms with Crippen LogP contribution in [0.15, 0.2) is 82.9 Å². The van der Waals surface area contributed by atoms with Crippen LogP contribution in [0.2, 0.25) is 0 Å². The average Bonchev–Trinajstić information content (AvgIpc) is 3.67. The van der Waals surface area contributed by atoms with E-state index in [4.69, 9.17) is 0 Å². The Balaban J connectivity index is 1.28. The molecule has 35 heavy (non-hydrogen) atoms. The van der Waals surface area contributed by atoms with Crippen LogP contribution in [0, 0.1) is 0 Å². The molecule has 0 spiro atoms. The molecule has 0 aliphatic carbocycles. The monoisotopic (exact) mass is 522 g/mol. The van der Waals surface area contributed by atoms with E-state index in [2.05, 4.69) is 35.0 Å². The van der Waals surface area contributed by atoms with Crippen molar-refractivity contribution in [3.8, 4) is 0 Å². The lowest BCUT2D eigenvalue weighted by Gasteiger charge is -2.23. The third-order valence-corrected chi connectivity index (χ3v) is 8.34. The second-order valence-electron chi connectivity index (χ2n) is 8.41. The molecule has 0 bridgehead atoms. The quantitative estimate of drug-likeness (QED) is 0.173. The summed E-state index contributed by atoms with van der Waals surface area (Å²) in [6, 6.07) is 22.2. The number of carbonyl (C=O) groups excluding carboxylic acids is 2. The standard InChI is InChI=1S/C28H30N2O2S3/c31-27(30(21-24-12-7-17-33-24)22-25-13-8-18-34-25)15-5-2-6-16-29(20-23-10-3-1-4-11-23)28(32)26-14-9-19-35-26/h1,3-4,7-14,17-19H,2,5-6,15-16,20-22H2. The van der Waals surface area contributed by atoms with Gasteiger partial charge in [-0.1, -0.05) is 55.0 Å². The van der Waals surface area contributed by atoms with E-state index in [1.807, 2.05) is 57.6 Å². The van der Waals surface area contributed by atoms with Crippen LogP contribution in [-0.2, 0) is 24.4 Å². The Kier molecular flexibility index (Phi) is 9.69. The number of amides is 2. The van der Waals surface area contributed by atoms with Crippen molar-refractivity contribution in [2.24, 2.45) is 0 Å². The van der Waals surface area contributed by atoms with Crippen molar-refractivity contribution >= 4 is 45.8 Å². The number of unbranched alkanes of at least 4 members (excludes halogenated alkanes) is 2. The molecule has 0 fully saturated rings. The van der Waals surface area contributed by atoms with Crippen molar-refractivity contribution in [1.29, 1.82) is 0 Å². The lowest BCUT2D eigenvalue weighted by atomic mass is 10.1. The third-order valence-electron chi connectivity index (χ3n) is 5.76. The summed E-state index contributed by atoms with van der Waals surface area (Å²) < 4.78 is 0. The first kappa shape index (κ1) is 25.4. The molecule has 7 heteroatoms. The van der Waals surface area contributed by atoms with Crippen LogP contribution in [0.1, 0.15) is 50.7 Å². The zero-order chi connectivity index (χ0) is 24.3. The maximum atomic E-state index is 13.1. The molecular weight excluding hydrogens is 493 g/mol. The lowest BCUT2D eigenvalue weighted by molar-refractivity contribution is -0.132. The molecule has 3 heterocycles. The van der Waals surface area contributed by atoms with Gasteiger partial charge < -0.3 is 9.80 Å². The molecule has 4 aromatic rings. The topological polar surface area (TPSA) is 40.6 Å². The minimum absolute atomic E-state index is 0.0815. The summed E-state index contributed by atoms with van der Waals surface area (Å²) in [6.07, 6.45) is 3.17. The first-order valence-corrected chi connectivity index (χ1v) is 14.5. The minimum atomic E-state index is 0.0815. The summed E-state index contributed by atoms with van der Waals surface area (Å²) in [7, 11) is 0. The van der Waals surface area contributed by atoms with Gasteiger partial charge in [-0.25, -0.2) is 0 Å². The average molecular weight is 523 g/mol. The Morgan fingerprint density at radius 2 is 1.29 bits per heavy atom. The highest BCUT2D eigenvalue weighted by molar-refractivity contribution is 7.12. The van der Waals surface area contributed by atoms with Gasteiger partial charge in [0.15, 0.2) is 0 Å². The number of hydrogen-bond donors (Lipinski definition) is 0. The van der Waals surface area contributed by atoms with Crippen molar-refractivity contribution in [3.63, 3.8) is 0 Å². The Morgan fingerprint density at radius 3 is 1.89 bits per heavy atom. The normalized spacial score (nSPS) is 10.9. The third kappa shape index (κ3) is 7.88. The second-order valence-corrected chi connectivity index (χ2v) is 11.4. The molecule has 0 aliphatic heterocycles. The molecule has 0 radical (unpaired) electrons. The Labute approximate surface area is 219 Å². The van der Waals surface area contributed by atoms with Crippen LogP contribution in [0.3, 0.4) is 0 Å². The van der Waals surface area contributed by atoms with E-state index in [0.29, 0.717) is 32.6 Å². The molecule has 0 N–H and O–H groups in total. The van der Waals surface area contributed by atoms with Gasteiger partial charge in [-0.2, -0.15) is 0 Å². The van der Waals surface area contributed by atoms with Gasteiger partial charge in [-0.05, 0) is 52.7 Å². The Bertz CT molecular complexity index is 1100. The molecule has 4 nitrogen and oxygen atoms in total. The molecule has 0 saturated carbocycles. The van der Waals surface area contributed by atoms with Crippen molar-refractivity contribution in [2.75, 3.05) is 6.54 Å². The number of carbonyl (C=O) groups is 2. The van der Waals surface area contributed by atoms with E-state index in [9.17, 15) is 9.59 Å². The Hall–Kier alpha value is -2.74. The van der Waals surface area contributed by atoms with E-state index < -0.39 is 0 Å². The van der Waals surface area contributed by atoms with E-state index in [-0.39, 0.29) is 11.8 Å². The predicted molar refractivity (Wildman–Crippen MR) is 147 cm³/mol. The zero-order valence-electron chi connectivity index (χ0n) is 19.7. The Morgan fingerprint density at radius 1 is 0.629 bits per heavy atom. The van der Waals surface area contributed by atoms with Gasteiger partial charge in [0.05, 0.1) is 18.0 Å². The van der Waals surface area contributed by atoms with Crippen molar-refractivity contribution in [2.45, 2.75) is 45.3 Å². The van der Waals surface area contributed by atoms with Gasteiger partial charge >= 0.3 is 0 Å². The fourth-order valence-electron chi connectivity index (χ4n) is 3.94. The summed E-state index contributed by atoms with van der Waals surface area (Å²) in [5, 5.41) is 6.06. The fraction of sp³-hybridized carbons (Fsp3) is 0.286. The highest BCUT2D eigenvalue weighted by Crippen LogP contribution is 2.20. The van der Waals surface area contributed by atoms with Gasteiger partial charge in [0, 0.05) is 29.3 Å². The van der Waals surface area contributed by atoms with Crippen LogP contribution >= 0.6 is 34.0 Å². The molecule has 0 atom stereocenters. The molecule has 0 saturated heterocycles. The van der Waals surface area contributed by atoms with Gasteiger partial charge in [-0.3, -0.25) is 9.59 Å². The highest BCUT2D eigenvalue weighted by Gasteiger charge is 2.18. The zero-order valence-corrected chi connectivity index (χ0v) is 22.1. The second kappa shape index (κ2) is 13.4. The molecule has 3 aromatic heterocycles. The van der Waals surface area contributed by atoms with Gasteiger partial charge in [0.2, 0.25) is 5.91 Å². The minimum Gasteiger partial charge on any atom is -0.334 e. The number of thiophene rings is 3. The summed E-state index contributed by atoms with van der Waals surface area (Å²) in [5.41, 5.74) is 1.13. The van der Waals surface area contributed by atoms with E-state index in [1.165, 1.54) is 21.1 Å². The molecule has 0 unspecified atom stereocenters. The largest absolute Gasteiger partial charge is 0.334 e. The molecule has 1 aromatic carbocycles. The maximum Gasteiger partial charge on any atom is 0.264 e. The van der Waals surface area contributed by atoms with Crippen molar-refractivity contribution in [3.05, 3.63) is 103 Å². The van der Waals surface area contributed by atoms with Crippen molar-refractivity contribution in [1.82, 2.24) is 9.80 Å². The summed E-state index contributed by atoms with van der Waals surface area (Å²) in [6.45, 7) is 2.61. The van der Waals surface area contributed by atoms with Crippen LogP contribution < -0.4 is 0 Å². The number of benzene rings is 1. The van der Waals surface area contributed by atoms with Crippen LogP contribution in [-0.4, -0.2) is 28.2 Å². The van der Waals surface area contributed by atoms with Gasteiger partial charge in [0.25, 0.3) is 5.91 Å². The first-order valence-electron chi connectivity index (χ1n) is 11.9. The van der Waals surface area contributed by atoms with E-state index in [0.717, 1.165) is 29.7 Å². The number of nitrogens with zero attached hydrogens (tertiary/aromatic N) is 2.